The van der Waals surface area contributed by atoms with Gasteiger partial charge in [0.15, 0.2) is 0 Å². The number of aryl methyl sites for hydroxylation is 2. The van der Waals surface area contributed by atoms with E-state index >= 15 is 0 Å². The molecule has 2 aromatic rings. The molecule has 126 valence electrons. The molecular formula is C18H26ClN3O. The number of amides is 1. The maximum absolute atomic E-state index is 12.6. The van der Waals surface area contributed by atoms with Gasteiger partial charge in [0.2, 0.25) is 0 Å². The largest absolute Gasteiger partial charge is 0.340 e. The molecule has 1 N–H and O–H groups in total. The van der Waals surface area contributed by atoms with Crippen molar-refractivity contribution in [3.05, 3.63) is 52.8 Å². The third-order valence-corrected chi connectivity index (χ3v) is 3.97. The molecule has 0 aliphatic carbocycles. The molecule has 0 bridgehead atoms. The van der Waals surface area contributed by atoms with Crippen LogP contribution in [0, 0.1) is 20.8 Å². The third kappa shape index (κ3) is 4.15. The first-order valence-electron chi connectivity index (χ1n) is 7.61. The van der Waals surface area contributed by atoms with E-state index in [4.69, 9.17) is 0 Å². The maximum atomic E-state index is 12.6. The molecule has 0 aliphatic heterocycles. The van der Waals surface area contributed by atoms with Crippen molar-refractivity contribution in [3.8, 4) is 5.69 Å². The predicted octanol–water partition coefficient (Wildman–Crippen LogP) is 3.12. The highest BCUT2D eigenvalue weighted by Gasteiger charge is 2.19. The van der Waals surface area contributed by atoms with Crippen molar-refractivity contribution in [1.82, 2.24) is 14.8 Å². The fourth-order valence-electron chi connectivity index (χ4n) is 2.73. The number of halogens is 1. The van der Waals surface area contributed by atoms with Gasteiger partial charge in [0.25, 0.3) is 5.91 Å². The van der Waals surface area contributed by atoms with Crippen LogP contribution < -0.4 is 5.32 Å². The number of nitrogens with zero attached hydrogens (tertiary/aromatic N) is 2. The average molecular weight is 336 g/mol. The summed E-state index contributed by atoms with van der Waals surface area (Å²) < 4.78 is 2.14. The van der Waals surface area contributed by atoms with E-state index in [0.29, 0.717) is 6.54 Å². The summed E-state index contributed by atoms with van der Waals surface area (Å²) in [4.78, 5) is 14.4. The molecule has 0 saturated carbocycles. The van der Waals surface area contributed by atoms with Crippen LogP contribution in [0.4, 0.5) is 0 Å². The molecule has 1 amide bonds. The third-order valence-electron chi connectivity index (χ3n) is 3.97. The van der Waals surface area contributed by atoms with Crippen LogP contribution in [0.2, 0.25) is 0 Å². The van der Waals surface area contributed by atoms with Gasteiger partial charge in [-0.3, -0.25) is 4.79 Å². The van der Waals surface area contributed by atoms with Gasteiger partial charge in [0.1, 0.15) is 0 Å². The van der Waals surface area contributed by atoms with Crippen molar-refractivity contribution < 1.29 is 4.79 Å². The van der Waals surface area contributed by atoms with Crippen molar-refractivity contribution in [3.63, 3.8) is 0 Å². The minimum absolute atomic E-state index is 0. The molecule has 0 saturated heterocycles. The first kappa shape index (κ1) is 19.3. The second kappa shape index (κ2) is 8.18. The summed E-state index contributed by atoms with van der Waals surface area (Å²) in [5.74, 6) is 0.0715. The van der Waals surface area contributed by atoms with Crippen molar-refractivity contribution >= 4 is 18.3 Å². The van der Waals surface area contributed by atoms with Gasteiger partial charge in [0.05, 0.1) is 5.56 Å². The SMILES string of the molecule is CNCCN(C)C(=O)c1cc(C)n(-c2cccc(C)c2)c1C.Cl. The monoisotopic (exact) mass is 335 g/mol. The highest BCUT2D eigenvalue weighted by molar-refractivity contribution is 5.95. The zero-order chi connectivity index (χ0) is 16.3. The molecule has 1 aromatic heterocycles. The van der Waals surface area contributed by atoms with Crippen LogP contribution in [0.5, 0.6) is 0 Å². The minimum Gasteiger partial charge on any atom is -0.340 e. The molecular weight excluding hydrogens is 310 g/mol. The van der Waals surface area contributed by atoms with E-state index in [-0.39, 0.29) is 18.3 Å². The normalized spacial score (nSPS) is 10.3. The number of rotatable bonds is 5. The van der Waals surface area contributed by atoms with Crippen LogP contribution in [0.15, 0.2) is 30.3 Å². The highest BCUT2D eigenvalue weighted by Crippen LogP contribution is 2.22. The Bertz CT molecular complexity index is 679. The van der Waals surface area contributed by atoms with Crippen LogP contribution in [0.1, 0.15) is 27.3 Å². The molecule has 4 nitrogen and oxygen atoms in total. The second-order valence-corrected chi connectivity index (χ2v) is 5.79. The molecule has 0 unspecified atom stereocenters. The van der Waals surface area contributed by atoms with E-state index in [9.17, 15) is 4.79 Å². The van der Waals surface area contributed by atoms with Crippen molar-refractivity contribution in [2.75, 3.05) is 27.2 Å². The minimum atomic E-state index is 0. The van der Waals surface area contributed by atoms with Crippen molar-refractivity contribution in [2.45, 2.75) is 20.8 Å². The lowest BCUT2D eigenvalue weighted by atomic mass is 10.2. The Morgan fingerprint density at radius 2 is 1.91 bits per heavy atom. The lowest BCUT2D eigenvalue weighted by molar-refractivity contribution is 0.0796. The smallest absolute Gasteiger partial charge is 0.255 e. The first-order chi connectivity index (χ1) is 10.5. The molecule has 5 heteroatoms. The van der Waals surface area contributed by atoms with Crippen LogP contribution in [-0.4, -0.2) is 42.6 Å². The quantitative estimate of drug-likeness (QED) is 0.911. The second-order valence-electron chi connectivity index (χ2n) is 5.79. The number of carbonyl (C=O) groups excluding carboxylic acids is 1. The lowest BCUT2D eigenvalue weighted by Crippen LogP contribution is -2.33. The summed E-state index contributed by atoms with van der Waals surface area (Å²) in [6.07, 6.45) is 0. The lowest BCUT2D eigenvalue weighted by Gasteiger charge is -2.17. The van der Waals surface area contributed by atoms with Crippen LogP contribution in [0.25, 0.3) is 5.69 Å². The predicted molar refractivity (Wildman–Crippen MR) is 98.1 cm³/mol. The first-order valence-corrected chi connectivity index (χ1v) is 7.61. The van der Waals surface area contributed by atoms with Gasteiger partial charge in [-0.25, -0.2) is 0 Å². The van der Waals surface area contributed by atoms with Gasteiger partial charge in [-0.15, -0.1) is 12.4 Å². The molecule has 1 heterocycles. The van der Waals surface area contributed by atoms with Crippen molar-refractivity contribution in [1.29, 1.82) is 0 Å². The number of benzene rings is 1. The molecule has 0 radical (unpaired) electrons. The fourth-order valence-corrected chi connectivity index (χ4v) is 2.73. The average Bonchev–Trinajstić information content (AvgIpc) is 2.78. The van der Waals surface area contributed by atoms with E-state index in [1.165, 1.54) is 5.56 Å². The summed E-state index contributed by atoms with van der Waals surface area (Å²) in [5, 5.41) is 3.07. The Balaban J connectivity index is 0.00000264. The summed E-state index contributed by atoms with van der Waals surface area (Å²) in [6, 6.07) is 10.3. The van der Waals surface area contributed by atoms with Gasteiger partial charge in [-0.2, -0.15) is 0 Å². The Hall–Kier alpha value is -1.78. The molecule has 0 aliphatic rings. The standard InChI is InChI=1S/C18H25N3O.ClH/c1-13-7-6-8-16(11-13)21-14(2)12-17(15(21)3)18(22)20(5)10-9-19-4;/h6-8,11-12,19H,9-10H2,1-5H3;1H. The highest BCUT2D eigenvalue weighted by atomic mass is 35.5. The number of nitrogens with one attached hydrogen (secondary N) is 1. The number of likely N-dealkylation sites (N-methyl/N-ethyl adjacent to an activating group) is 2. The topological polar surface area (TPSA) is 37.3 Å². The Morgan fingerprint density at radius 1 is 1.22 bits per heavy atom. The summed E-state index contributed by atoms with van der Waals surface area (Å²) in [6.45, 7) is 7.62. The zero-order valence-electron chi connectivity index (χ0n) is 14.5. The van der Waals surface area contributed by atoms with Gasteiger partial charge >= 0.3 is 0 Å². The van der Waals surface area contributed by atoms with Crippen LogP contribution >= 0.6 is 12.4 Å². The van der Waals surface area contributed by atoms with E-state index in [2.05, 4.69) is 35.0 Å². The van der Waals surface area contributed by atoms with Crippen LogP contribution in [-0.2, 0) is 0 Å². The zero-order valence-corrected chi connectivity index (χ0v) is 15.3. The van der Waals surface area contributed by atoms with E-state index in [1.54, 1.807) is 4.90 Å². The molecule has 1 aromatic carbocycles. The van der Waals surface area contributed by atoms with Crippen LogP contribution in [0.3, 0.4) is 0 Å². The molecule has 23 heavy (non-hydrogen) atoms. The van der Waals surface area contributed by atoms with E-state index in [0.717, 1.165) is 29.2 Å². The molecule has 2 rings (SSSR count). The van der Waals surface area contributed by atoms with Gasteiger partial charge in [-0.05, 0) is 51.6 Å². The Kier molecular flexibility index (Phi) is 6.85. The molecule has 0 spiro atoms. The van der Waals surface area contributed by atoms with E-state index < -0.39 is 0 Å². The summed E-state index contributed by atoms with van der Waals surface area (Å²) in [7, 11) is 3.74. The summed E-state index contributed by atoms with van der Waals surface area (Å²) in [5.41, 5.74) is 5.16. The number of hydrogen-bond acceptors (Lipinski definition) is 2. The Labute approximate surface area is 144 Å². The molecule has 0 fully saturated rings. The van der Waals surface area contributed by atoms with Gasteiger partial charge in [-0.1, -0.05) is 12.1 Å². The number of carbonyl (C=O) groups is 1. The Morgan fingerprint density at radius 3 is 2.52 bits per heavy atom. The fraction of sp³-hybridized carbons (Fsp3) is 0.389. The molecule has 0 atom stereocenters. The summed E-state index contributed by atoms with van der Waals surface area (Å²) >= 11 is 0. The van der Waals surface area contributed by atoms with E-state index in [1.807, 2.05) is 40.1 Å². The maximum Gasteiger partial charge on any atom is 0.255 e. The number of hydrogen-bond donors (Lipinski definition) is 1. The van der Waals surface area contributed by atoms with Gasteiger partial charge in [0, 0.05) is 37.2 Å². The van der Waals surface area contributed by atoms with Crippen molar-refractivity contribution in [2.24, 2.45) is 0 Å². The number of aromatic nitrogens is 1. The van der Waals surface area contributed by atoms with Gasteiger partial charge < -0.3 is 14.8 Å².